The predicted octanol–water partition coefficient (Wildman–Crippen LogP) is 2.21. The molecule has 0 aliphatic carbocycles. The number of rotatable bonds is 1. The summed E-state index contributed by atoms with van der Waals surface area (Å²) in [6.45, 7) is 3.73. The Morgan fingerprint density at radius 3 is 2.80 bits per heavy atom. The van der Waals surface area contributed by atoms with Crippen LogP contribution in [0.5, 0.6) is 0 Å². The van der Waals surface area contributed by atoms with Gasteiger partial charge in [0.1, 0.15) is 11.8 Å². The number of hydrogen-bond donors (Lipinski definition) is 0. The maximum atomic E-state index is 12.0. The topological polar surface area (TPSA) is 34.9 Å². The van der Waals surface area contributed by atoms with Crippen molar-refractivity contribution in [3.05, 3.63) is 39.9 Å². The number of halogens is 1. The average Bonchev–Trinajstić information content (AvgIpc) is 2.20. The summed E-state index contributed by atoms with van der Waals surface area (Å²) in [7, 11) is 0. The fraction of sp³-hybridized carbons (Fsp3) is 0.273. The summed E-state index contributed by atoms with van der Waals surface area (Å²) < 4.78 is 1.46. The molecule has 0 spiro atoms. The van der Waals surface area contributed by atoms with E-state index in [1.165, 1.54) is 4.57 Å². The number of nitrogens with zero attached hydrogens (tertiary/aromatic N) is 2. The van der Waals surface area contributed by atoms with Crippen molar-refractivity contribution in [2.45, 2.75) is 19.9 Å². The Labute approximate surface area is 92.3 Å². The second-order valence-electron chi connectivity index (χ2n) is 3.48. The molecule has 15 heavy (non-hydrogen) atoms. The monoisotopic (exact) mass is 222 g/mol. The molecule has 2 rings (SSSR count). The molecule has 0 atom stereocenters. The average molecular weight is 223 g/mol. The molecule has 4 heteroatoms. The summed E-state index contributed by atoms with van der Waals surface area (Å²) >= 11 is 5.70. The van der Waals surface area contributed by atoms with E-state index in [0.717, 1.165) is 11.1 Å². The van der Waals surface area contributed by atoms with Crippen molar-refractivity contribution in [1.82, 2.24) is 9.55 Å². The molecule has 0 unspecified atom stereocenters. The number of hydrogen-bond acceptors (Lipinski definition) is 2. The Morgan fingerprint density at radius 1 is 1.40 bits per heavy atom. The van der Waals surface area contributed by atoms with Crippen LogP contribution in [-0.4, -0.2) is 9.55 Å². The second-order valence-corrected chi connectivity index (χ2v) is 3.72. The molecule has 0 bridgehead atoms. The molecule has 1 aromatic carbocycles. The maximum absolute atomic E-state index is 12.0. The third-order valence-electron chi connectivity index (χ3n) is 2.50. The molecule has 0 fully saturated rings. The minimum Gasteiger partial charge on any atom is -0.282 e. The van der Waals surface area contributed by atoms with Crippen LogP contribution in [0.25, 0.3) is 10.9 Å². The number of fused-ring (bicyclic) bond motifs is 1. The zero-order valence-corrected chi connectivity index (χ0v) is 9.38. The quantitative estimate of drug-likeness (QED) is 0.694. The van der Waals surface area contributed by atoms with Crippen LogP contribution in [0.3, 0.4) is 0 Å². The summed E-state index contributed by atoms with van der Waals surface area (Å²) in [4.78, 5) is 16.4. The zero-order chi connectivity index (χ0) is 11.0. The van der Waals surface area contributed by atoms with Gasteiger partial charge in [0.15, 0.2) is 0 Å². The lowest BCUT2D eigenvalue weighted by atomic mass is 10.1. The van der Waals surface area contributed by atoms with Crippen LogP contribution < -0.4 is 5.56 Å². The highest BCUT2D eigenvalue weighted by Crippen LogP contribution is 2.12. The van der Waals surface area contributed by atoms with Gasteiger partial charge in [0.05, 0.1) is 10.9 Å². The largest absolute Gasteiger partial charge is 0.282 e. The van der Waals surface area contributed by atoms with Crippen molar-refractivity contribution < 1.29 is 0 Å². The number of aromatic nitrogens is 2. The number of para-hydroxylation sites is 1. The van der Waals surface area contributed by atoms with Crippen molar-refractivity contribution in [1.29, 1.82) is 0 Å². The van der Waals surface area contributed by atoms with Gasteiger partial charge in [-0.1, -0.05) is 12.1 Å². The summed E-state index contributed by atoms with van der Waals surface area (Å²) in [5, 5.41) is 0.626. The van der Waals surface area contributed by atoms with Gasteiger partial charge in [-0.2, -0.15) is 0 Å². The highest BCUT2D eigenvalue weighted by Gasteiger charge is 2.07. The first-order valence-corrected chi connectivity index (χ1v) is 5.21. The van der Waals surface area contributed by atoms with Crippen LogP contribution in [0.1, 0.15) is 11.4 Å². The normalized spacial score (nSPS) is 10.9. The number of alkyl halides is 1. The zero-order valence-electron chi connectivity index (χ0n) is 8.62. The predicted molar refractivity (Wildman–Crippen MR) is 61.3 cm³/mol. The lowest BCUT2D eigenvalue weighted by Gasteiger charge is -2.08. The van der Waals surface area contributed by atoms with Crippen LogP contribution in [-0.2, 0) is 6.00 Å². The summed E-state index contributed by atoms with van der Waals surface area (Å²) in [6.07, 6.45) is 0. The molecule has 0 aliphatic heterocycles. The van der Waals surface area contributed by atoms with Gasteiger partial charge in [-0.3, -0.25) is 9.36 Å². The van der Waals surface area contributed by atoms with Crippen molar-refractivity contribution in [3.8, 4) is 0 Å². The molecule has 1 heterocycles. The second kappa shape index (κ2) is 3.66. The Morgan fingerprint density at radius 2 is 2.13 bits per heavy atom. The molecule has 0 aliphatic rings. The fourth-order valence-corrected chi connectivity index (χ4v) is 1.92. The van der Waals surface area contributed by atoms with E-state index in [0.29, 0.717) is 11.2 Å². The van der Waals surface area contributed by atoms with E-state index in [1.807, 2.05) is 19.1 Å². The van der Waals surface area contributed by atoms with E-state index in [2.05, 4.69) is 4.98 Å². The molecule has 0 N–H and O–H groups in total. The van der Waals surface area contributed by atoms with Crippen LogP contribution in [0, 0.1) is 13.8 Å². The number of aryl methyl sites for hydroxylation is 2. The van der Waals surface area contributed by atoms with Crippen molar-refractivity contribution in [2.24, 2.45) is 0 Å². The maximum Gasteiger partial charge on any atom is 0.262 e. The van der Waals surface area contributed by atoms with Gasteiger partial charge >= 0.3 is 0 Å². The van der Waals surface area contributed by atoms with E-state index < -0.39 is 0 Å². The molecule has 0 radical (unpaired) electrons. The van der Waals surface area contributed by atoms with Gasteiger partial charge in [0.2, 0.25) is 0 Å². The van der Waals surface area contributed by atoms with Crippen LogP contribution in [0.2, 0.25) is 0 Å². The molecule has 1 aromatic heterocycles. The Bertz CT molecular complexity index is 575. The molecule has 2 aromatic rings. The Kier molecular flexibility index (Phi) is 2.49. The Hall–Kier alpha value is -1.35. The highest BCUT2D eigenvalue weighted by atomic mass is 35.5. The van der Waals surface area contributed by atoms with Gasteiger partial charge in [-0.25, -0.2) is 4.98 Å². The van der Waals surface area contributed by atoms with Crippen LogP contribution in [0.15, 0.2) is 23.0 Å². The smallest absolute Gasteiger partial charge is 0.262 e. The van der Waals surface area contributed by atoms with E-state index in [1.54, 1.807) is 13.0 Å². The van der Waals surface area contributed by atoms with Gasteiger partial charge in [0.25, 0.3) is 5.56 Å². The first kappa shape index (κ1) is 10.2. The van der Waals surface area contributed by atoms with E-state index >= 15 is 0 Å². The van der Waals surface area contributed by atoms with Crippen molar-refractivity contribution in [3.63, 3.8) is 0 Å². The summed E-state index contributed by atoms with van der Waals surface area (Å²) in [5.41, 5.74) is 1.70. The summed E-state index contributed by atoms with van der Waals surface area (Å²) in [5.74, 6) is 0.650. The van der Waals surface area contributed by atoms with Gasteiger partial charge in [-0.05, 0) is 25.5 Å². The van der Waals surface area contributed by atoms with E-state index in [4.69, 9.17) is 11.6 Å². The molecular weight excluding hydrogens is 212 g/mol. The molecule has 0 amide bonds. The minimum absolute atomic E-state index is 0.0730. The molecule has 78 valence electrons. The third-order valence-corrected chi connectivity index (χ3v) is 2.74. The molecular formula is C11H11ClN2O. The van der Waals surface area contributed by atoms with Gasteiger partial charge < -0.3 is 0 Å². The molecule has 3 nitrogen and oxygen atoms in total. The third kappa shape index (κ3) is 1.53. The molecule has 0 saturated heterocycles. The van der Waals surface area contributed by atoms with E-state index in [-0.39, 0.29) is 11.6 Å². The molecule has 0 saturated carbocycles. The first-order valence-electron chi connectivity index (χ1n) is 4.68. The highest BCUT2D eigenvalue weighted by molar-refractivity contribution is 6.15. The fourth-order valence-electron chi connectivity index (χ4n) is 1.64. The van der Waals surface area contributed by atoms with E-state index in [9.17, 15) is 4.79 Å². The van der Waals surface area contributed by atoms with Crippen LogP contribution >= 0.6 is 11.6 Å². The minimum atomic E-state index is -0.0730. The van der Waals surface area contributed by atoms with Crippen LogP contribution in [0.4, 0.5) is 0 Å². The standard InChI is InChI=1S/C11H11ClN2O/c1-7-4-3-5-9-10(7)13-8(2)14(6-12)11(9)15/h3-5H,6H2,1-2H3. The number of benzene rings is 1. The Balaban J connectivity index is 2.98. The SMILES string of the molecule is Cc1cccc2c(=O)n(CCl)c(C)nc12. The summed E-state index contributed by atoms with van der Waals surface area (Å²) in [6, 6.07) is 5.72. The van der Waals surface area contributed by atoms with Gasteiger partial charge in [0, 0.05) is 0 Å². The lowest BCUT2D eigenvalue weighted by molar-refractivity contribution is 0.769. The first-order chi connectivity index (χ1) is 7.15. The lowest BCUT2D eigenvalue weighted by Crippen LogP contribution is -2.22. The van der Waals surface area contributed by atoms with Crippen molar-refractivity contribution in [2.75, 3.05) is 0 Å². The van der Waals surface area contributed by atoms with Crippen molar-refractivity contribution >= 4 is 22.5 Å². The van der Waals surface area contributed by atoms with Gasteiger partial charge in [-0.15, -0.1) is 11.6 Å².